The van der Waals surface area contributed by atoms with E-state index in [2.05, 4.69) is 5.32 Å². The van der Waals surface area contributed by atoms with Crippen molar-refractivity contribution in [2.75, 3.05) is 13.7 Å². The fourth-order valence-electron chi connectivity index (χ4n) is 2.15. The molecule has 25 heavy (non-hydrogen) atoms. The highest BCUT2D eigenvalue weighted by Gasteiger charge is 2.06. The second kappa shape index (κ2) is 9.47. The van der Waals surface area contributed by atoms with Gasteiger partial charge in [-0.05, 0) is 47.9 Å². The van der Waals surface area contributed by atoms with Crippen molar-refractivity contribution in [2.45, 2.75) is 19.9 Å². The Morgan fingerprint density at radius 3 is 2.60 bits per heavy atom. The number of hydrogen-bond donors (Lipinski definition) is 1. The Hall–Kier alpha value is -2.82. The molecular weight excluding hydrogens is 321 g/mol. The van der Waals surface area contributed by atoms with E-state index in [1.54, 1.807) is 25.3 Å². The van der Waals surface area contributed by atoms with E-state index in [9.17, 15) is 9.18 Å². The minimum absolute atomic E-state index is 0.227. The zero-order chi connectivity index (χ0) is 18.1. The number of carbonyl (C=O) groups is 1. The van der Waals surface area contributed by atoms with Crippen molar-refractivity contribution in [3.05, 3.63) is 65.5 Å². The number of ether oxygens (including phenoxy) is 2. The molecule has 2 aromatic rings. The van der Waals surface area contributed by atoms with E-state index in [4.69, 9.17) is 9.47 Å². The Kier molecular flexibility index (Phi) is 7.01. The lowest BCUT2D eigenvalue weighted by Gasteiger charge is -2.11. The predicted octanol–water partition coefficient (Wildman–Crippen LogP) is 3.95. The van der Waals surface area contributed by atoms with Crippen molar-refractivity contribution in [1.29, 1.82) is 0 Å². The van der Waals surface area contributed by atoms with Gasteiger partial charge < -0.3 is 14.8 Å². The minimum Gasteiger partial charge on any atom is -0.493 e. The van der Waals surface area contributed by atoms with Crippen LogP contribution >= 0.6 is 0 Å². The van der Waals surface area contributed by atoms with Crippen LogP contribution in [0.3, 0.4) is 0 Å². The number of methoxy groups -OCH3 is 1. The molecule has 2 rings (SSSR count). The summed E-state index contributed by atoms with van der Waals surface area (Å²) in [6.07, 6.45) is 3.97. The predicted molar refractivity (Wildman–Crippen MR) is 96.1 cm³/mol. The van der Waals surface area contributed by atoms with Gasteiger partial charge >= 0.3 is 0 Å². The van der Waals surface area contributed by atoms with Gasteiger partial charge in [0.2, 0.25) is 5.91 Å². The lowest BCUT2D eigenvalue weighted by atomic mass is 10.2. The van der Waals surface area contributed by atoms with Crippen LogP contribution in [-0.2, 0) is 11.3 Å². The molecule has 0 heterocycles. The smallest absolute Gasteiger partial charge is 0.244 e. The van der Waals surface area contributed by atoms with Crippen LogP contribution in [0.5, 0.6) is 11.5 Å². The van der Waals surface area contributed by atoms with Crippen LogP contribution in [0.2, 0.25) is 0 Å². The molecule has 1 amide bonds. The highest BCUT2D eigenvalue weighted by atomic mass is 19.1. The first kappa shape index (κ1) is 18.5. The SMILES string of the molecule is CCCOc1ccc(CNC(=O)/C=C/c2ccc(F)cc2)cc1OC. The summed E-state index contributed by atoms with van der Waals surface area (Å²) in [6.45, 7) is 3.04. The lowest BCUT2D eigenvalue weighted by Crippen LogP contribution is -2.20. The van der Waals surface area contributed by atoms with Crippen LogP contribution < -0.4 is 14.8 Å². The summed E-state index contributed by atoms with van der Waals surface area (Å²) < 4.78 is 23.8. The van der Waals surface area contributed by atoms with Crippen LogP contribution in [-0.4, -0.2) is 19.6 Å². The maximum absolute atomic E-state index is 12.8. The van der Waals surface area contributed by atoms with Crippen molar-refractivity contribution in [3.8, 4) is 11.5 Å². The molecule has 2 aromatic carbocycles. The maximum Gasteiger partial charge on any atom is 0.244 e. The molecule has 0 fully saturated rings. The van der Waals surface area contributed by atoms with Gasteiger partial charge in [0.15, 0.2) is 11.5 Å². The third kappa shape index (κ3) is 5.95. The van der Waals surface area contributed by atoms with E-state index in [0.29, 0.717) is 24.7 Å². The third-order valence-corrected chi connectivity index (χ3v) is 3.45. The number of nitrogens with one attached hydrogen (secondary N) is 1. The average Bonchev–Trinajstić information content (AvgIpc) is 2.64. The molecular formula is C20H22FNO3. The first-order chi connectivity index (χ1) is 12.1. The molecule has 1 N–H and O–H groups in total. The average molecular weight is 343 g/mol. The van der Waals surface area contributed by atoms with E-state index in [1.165, 1.54) is 18.2 Å². The summed E-state index contributed by atoms with van der Waals surface area (Å²) in [7, 11) is 1.59. The quantitative estimate of drug-likeness (QED) is 0.738. The van der Waals surface area contributed by atoms with Gasteiger partial charge in [-0.15, -0.1) is 0 Å². The zero-order valence-corrected chi connectivity index (χ0v) is 14.4. The Morgan fingerprint density at radius 2 is 1.92 bits per heavy atom. The number of carbonyl (C=O) groups excluding carboxylic acids is 1. The summed E-state index contributed by atoms with van der Waals surface area (Å²) in [5.74, 6) is 0.800. The number of rotatable bonds is 8. The molecule has 0 aliphatic heterocycles. The molecule has 0 aliphatic rings. The highest BCUT2D eigenvalue weighted by Crippen LogP contribution is 2.28. The number of hydrogen-bond acceptors (Lipinski definition) is 3. The Labute approximate surface area is 147 Å². The Balaban J connectivity index is 1.91. The summed E-state index contributed by atoms with van der Waals surface area (Å²) in [4.78, 5) is 11.9. The standard InChI is InChI=1S/C20H22FNO3/c1-3-12-25-18-10-6-16(13-19(18)24-2)14-22-20(23)11-7-15-4-8-17(21)9-5-15/h4-11,13H,3,12,14H2,1-2H3,(H,22,23)/b11-7+. The summed E-state index contributed by atoms with van der Waals surface area (Å²) in [6, 6.07) is 11.5. The Morgan fingerprint density at radius 1 is 1.16 bits per heavy atom. The molecule has 4 nitrogen and oxygen atoms in total. The van der Waals surface area contributed by atoms with Gasteiger partial charge in [0.1, 0.15) is 5.82 Å². The maximum atomic E-state index is 12.8. The molecule has 0 bridgehead atoms. The molecule has 0 unspecified atom stereocenters. The van der Waals surface area contributed by atoms with Gasteiger partial charge in [-0.1, -0.05) is 25.1 Å². The third-order valence-electron chi connectivity index (χ3n) is 3.45. The topological polar surface area (TPSA) is 47.6 Å². The van der Waals surface area contributed by atoms with Gasteiger partial charge in [0, 0.05) is 12.6 Å². The first-order valence-electron chi connectivity index (χ1n) is 8.13. The van der Waals surface area contributed by atoms with Gasteiger partial charge in [0.25, 0.3) is 0 Å². The highest BCUT2D eigenvalue weighted by molar-refractivity contribution is 5.91. The van der Waals surface area contributed by atoms with Crippen molar-refractivity contribution in [3.63, 3.8) is 0 Å². The summed E-state index contributed by atoms with van der Waals surface area (Å²) in [5, 5.41) is 2.80. The summed E-state index contributed by atoms with van der Waals surface area (Å²) in [5.41, 5.74) is 1.67. The number of amides is 1. The van der Waals surface area contributed by atoms with Crippen LogP contribution in [0.4, 0.5) is 4.39 Å². The van der Waals surface area contributed by atoms with E-state index < -0.39 is 0 Å². The van der Waals surface area contributed by atoms with E-state index in [-0.39, 0.29) is 11.7 Å². The van der Waals surface area contributed by atoms with Gasteiger partial charge in [-0.2, -0.15) is 0 Å². The molecule has 0 spiro atoms. The minimum atomic E-state index is -0.304. The number of halogens is 1. The second-order valence-electron chi connectivity index (χ2n) is 5.44. The van der Waals surface area contributed by atoms with Crippen molar-refractivity contribution >= 4 is 12.0 Å². The van der Waals surface area contributed by atoms with Crippen LogP contribution in [0.25, 0.3) is 6.08 Å². The molecule has 0 radical (unpaired) electrons. The van der Waals surface area contributed by atoms with Gasteiger partial charge in [0.05, 0.1) is 13.7 Å². The normalized spacial score (nSPS) is 10.7. The van der Waals surface area contributed by atoms with E-state index >= 15 is 0 Å². The van der Waals surface area contributed by atoms with Crippen LogP contribution in [0, 0.1) is 5.82 Å². The molecule has 132 valence electrons. The lowest BCUT2D eigenvalue weighted by molar-refractivity contribution is -0.116. The van der Waals surface area contributed by atoms with Crippen LogP contribution in [0.15, 0.2) is 48.5 Å². The van der Waals surface area contributed by atoms with Crippen molar-refractivity contribution in [1.82, 2.24) is 5.32 Å². The van der Waals surface area contributed by atoms with E-state index in [0.717, 1.165) is 17.5 Å². The van der Waals surface area contributed by atoms with Crippen molar-refractivity contribution < 1.29 is 18.7 Å². The van der Waals surface area contributed by atoms with Crippen molar-refractivity contribution in [2.24, 2.45) is 0 Å². The first-order valence-corrected chi connectivity index (χ1v) is 8.13. The van der Waals surface area contributed by atoms with E-state index in [1.807, 2.05) is 25.1 Å². The van der Waals surface area contributed by atoms with Gasteiger partial charge in [-0.25, -0.2) is 4.39 Å². The Bertz CT molecular complexity index is 726. The summed E-state index contributed by atoms with van der Waals surface area (Å²) >= 11 is 0. The molecule has 0 aliphatic carbocycles. The molecule has 5 heteroatoms. The molecule has 0 atom stereocenters. The number of benzene rings is 2. The largest absolute Gasteiger partial charge is 0.493 e. The second-order valence-corrected chi connectivity index (χ2v) is 5.44. The molecule has 0 aromatic heterocycles. The fourth-order valence-corrected chi connectivity index (χ4v) is 2.15. The van der Waals surface area contributed by atoms with Gasteiger partial charge in [-0.3, -0.25) is 4.79 Å². The molecule has 0 saturated heterocycles. The monoisotopic (exact) mass is 343 g/mol. The molecule has 0 saturated carbocycles. The fraction of sp³-hybridized carbons (Fsp3) is 0.250. The van der Waals surface area contributed by atoms with Crippen LogP contribution in [0.1, 0.15) is 24.5 Å². The zero-order valence-electron chi connectivity index (χ0n) is 14.4.